The van der Waals surface area contributed by atoms with E-state index in [0.717, 1.165) is 0 Å². The van der Waals surface area contributed by atoms with Gasteiger partial charge in [0.25, 0.3) is 11.1 Å². The summed E-state index contributed by atoms with van der Waals surface area (Å²) in [5, 5.41) is 23.2. The van der Waals surface area contributed by atoms with Crippen molar-refractivity contribution >= 4 is 21.8 Å². The first-order valence-electron chi connectivity index (χ1n) is 10.3. The van der Waals surface area contributed by atoms with E-state index in [1.165, 1.54) is 7.11 Å². The molecule has 0 radical (unpaired) electrons. The molecule has 0 aliphatic heterocycles. The molecule has 7 heteroatoms. The van der Waals surface area contributed by atoms with Gasteiger partial charge in [0, 0.05) is 10.8 Å². The number of ether oxygens (including phenoxy) is 1. The summed E-state index contributed by atoms with van der Waals surface area (Å²) in [7, 11) is 1.53. The van der Waals surface area contributed by atoms with Crippen LogP contribution in [0.5, 0.6) is 17.2 Å². The standard InChI is InChI=1S/C26H20N2O5/c1-33-15-12-10-14(11-13-15)20(21-23(29)16-6-2-4-8-18(16)27-25(21)31)22-24(30)17-7-3-5-9-19(17)28-26(22)32/h2-13,20H,1H3,(H2,27,29,31)(H2,28,30,32). The van der Waals surface area contributed by atoms with Crippen LogP contribution in [0.25, 0.3) is 21.8 Å². The van der Waals surface area contributed by atoms with Crippen LogP contribution in [0.15, 0.2) is 82.4 Å². The topological polar surface area (TPSA) is 115 Å². The van der Waals surface area contributed by atoms with E-state index in [1.54, 1.807) is 72.8 Å². The maximum absolute atomic E-state index is 13.2. The number of nitrogens with one attached hydrogen (secondary N) is 2. The molecule has 0 saturated carbocycles. The van der Waals surface area contributed by atoms with Gasteiger partial charge in [-0.2, -0.15) is 0 Å². The van der Waals surface area contributed by atoms with Crippen molar-refractivity contribution in [1.82, 2.24) is 9.97 Å². The third-order valence-corrected chi connectivity index (χ3v) is 5.89. The number of aromatic nitrogens is 2. The van der Waals surface area contributed by atoms with Crippen LogP contribution in [-0.2, 0) is 0 Å². The molecule has 0 unspecified atom stereocenters. The van der Waals surface area contributed by atoms with Crippen molar-refractivity contribution in [3.63, 3.8) is 0 Å². The van der Waals surface area contributed by atoms with Gasteiger partial charge in [-0.3, -0.25) is 9.59 Å². The number of pyridine rings is 2. The van der Waals surface area contributed by atoms with E-state index in [4.69, 9.17) is 4.74 Å². The second kappa shape index (κ2) is 7.87. The van der Waals surface area contributed by atoms with E-state index in [1.807, 2.05) is 0 Å². The minimum absolute atomic E-state index is 0.0325. The second-order valence-corrected chi connectivity index (χ2v) is 7.73. The molecule has 3 aromatic carbocycles. The van der Waals surface area contributed by atoms with Gasteiger partial charge >= 0.3 is 0 Å². The monoisotopic (exact) mass is 440 g/mol. The summed E-state index contributed by atoms with van der Waals surface area (Å²) in [6.45, 7) is 0. The smallest absolute Gasteiger partial charge is 0.256 e. The van der Waals surface area contributed by atoms with E-state index >= 15 is 0 Å². The van der Waals surface area contributed by atoms with Crippen molar-refractivity contribution in [1.29, 1.82) is 0 Å². The Morgan fingerprint density at radius 2 is 1.15 bits per heavy atom. The number of methoxy groups -OCH3 is 1. The third kappa shape index (κ3) is 3.30. The Labute approximate surface area is 187 Å². The molecule has 0 fully saturated rings. The summed E-state index contributed by atoms with van der Waals surface area (Å²) in [5.74, 6) is -0.951. The van der Waals surface area contributed by atoms with Gasteiger partial charge in [0.15, 0.2) is 0 Å². The molecule has 0 amide bonds. The largest absolute Gasteiger partial charge is 0.507 e. The summed E-state index contributed by atoms with van der Waals surface area (Å²) in [5.41, 5.74) is 0.286. The zero-order chi connectivity index (χ0) is 23.1. The summed E-state index contributed by atoms with van der Waals surface area (Å²) in [6, 6.07) is 20.5. The fourth-order valence-corrected chi connectivity index (χ4v) is 4.29. The zero-order valence-electron chi connectivity index (χ0n) is 17.6. The molecular formula is C26H20N2O5. The molecule has 4 N–H and O–H groups in total. The highest BCUT2D eigenvalue weighted by Crippen LogP contribution is 2.41. The predicted octanol–water partition coefficient (Wildman–Crippen LogP) is 3.97. The van der Waals surface area contributed by atoms with Crippen LogP contribution in [0.1, 0.15) is 22.6 Å². The fourth-order valence-electron chi connectivity index (χ4n) is 4.29. The highest BCUT2D eigenvalue weighted by molar-refractivity contribution is 5.88. The van der Waals surface area contributed by atoms with Gasteiger partial charge in [0.1, 0.15) is 17.2 Å². The lowest BCUT2D eigenvalue weighted by atomic mass is 9.84. The SMILES string of the molecule is COc1ccc(C(c2c(O)c3ccccc3[nH]c2=O)c2c(O)c3ccccc3[nH]c2=O)cc1. The van der Waals surface area contributed by atoms with Gasteiger partial charge in [0.2, 0.25) is 0 Å². The molecule has 0 aliphatic carbocycles. The number of hydrogen-bond acceptors (Lipinski definition) is 5. The first-order chi connectivity index (χ1) is 16.0. The minimum atomic E-state index is -1.04. The lowest BCUT2D eigenvalue weighted by molar-refractivity contribution is 0.414. The van der Waals surface area contributed by atoms with E-state index in [2.05, 4.69) is 9.97 Å². The Morgan fingerprint density at radius 3 is 1.61 bits per heavy atom. The molecule has 7 nitrogen and oxygen atoms in total. The van der Waals surface area contributed by atoms with Crippen LogP contribution in [0, 0.1) is 0 Å². The van der Waals surface area contributed by atoms with E-state index in [9.17, 15) is 19.8 Å². The van der Waals surface area contributed by atoms with Gasteiger partial charge in [-0.05, 0) is 42.0 Å². The van der Waals surface area contributed by atoms with Crippen LogP contribution >= 0.6 is 0 Å². The quantitative estimate of drug-likeness (QED) is 0.338. The van der Waals surface area contributed by atoms with Crippen LogP contribution in [-0.4, -0.2) is 27.3 Å². The van der Waals surface area contributed by atoms with Crippen LogP contribution in [0.2, 0.25) is 0 Å². The number of rotatable bonds is 4. The molecule has 164 valence electrons. The predicted molar refractivity (Wildman–Crippen MR) is 126 cm³/mol. The second-order valence-electron chi connectivity index (χ2n) is 7.73. The normalized spacial score (nSPS) is 11.3. The van der Waals surface area contributed by atoms with E-state index in [0.29, 0.717) is 33.1 Å². The average molecular weight is 440 g/mol. The lowest BCUT2D eigenvalue weighted by Gasteiger charge is -2.21. The van der Waals surface area contributed by atoms with Crippen molar-refractivity contribution in [3.8, 4) is 17.2 Å². The Kier molecular flexibility index (Phi) is 4.86. The summed E-state index contributed by atoms with van der Waals surface area (Å²) in [4.78, 5) is 32.0. The number of aromatic hydroxyl groups is 2. The number of hydrogen-bond donors (Lipinski definition) is 4. The van der Waals surface area contributed by atoms with Gasteiger partial charge in [-0.25, -0.2) is 0 Å². The molecule has 33 heavy (non-hydrogen) atoms. The van der Waals surface area contributed by atoms with Gasteiger partial charge < -0.3 is 24.9 Å². The van der Waals surface area contributed by atoms with Gasteiger partial charge in [-0.15, -0.1) is 0 Å². The number of H-pyrrole nitrogens is 2. The summed E-state index contributed by atoms with van der Waals surface area (Å²) in [6.07, 6.45) is 0. The average Bonchev–Trinajstić information content (AvgIpc) is 2.83. The lowest BCUT2D eigenvalue weighted by Crippen LogP contribution is -2.24. The zero-order valence-corrected chi connectivity index (χ0v) is 17.6. The first kappa shape index (κ1) is 20.4. The highest BCUT2D eigenvalue weighted by Gasteiger charge is 2.30. The summed E-state index contributed by atoms with van der Waals surface area (Å²) < 4.78 is 5.24. The third-order valence-electron chi connectivity index (χ3n) is 5.89. The molecule has 0 bridgehead atoms. The molecular weight excluding hydrogens is 420 g/mol. The van der Waals surface area contributed by atoms with Crippen LogP contribution in [0.3, 0.4) is 0 Å². The highest BCUT2D eigenvalue weighted by atomic mass is 16.5. The van der Waals surface area contributed by atoms with Gasteiger partial charge in [-0.1, -0.05) is 36.4 Å². The molecule has 0 atom stereocenters. The van der Waals surface area contributed by atoms with Crippen molar-refractivity contribution in [3.05, 3.63) is 110 Å². The van der Waals surface area contributed by atoms with Crippen LogP contribution < -0.4 is 15.9 Å². The van der Waals surface area contributed by atoms with Crippen molar-refractivity contribution < 1.29 is 14.9 Å². The van der Waals surface area contributed by atoms with Crippen molar-refractivity contribution in [2.24, 2.45) is 0 Å². The molecule has 2 aromatic heterocycles. The first-order valence-corrected chi connectivity index (χ1v) is 10.3. The maximum Gasteiger partial charge on any atom is 0.256 e. The number of para-hydroxylation sites is 2. The molecule has 0 saturated heterocycles. The molecule has 0 spiro atoms. The Bertz CT molecular complexity index is 1520. The Balaban J connectivity index is 1.89. The fraction of sp³-hybridized carbons (Fsp3) is 0.0769. The number of aromatic amines is 2. The number of benzene rings is 3. The van der Waals surface area contributed by atoms with E-state index in [-0.39, 0.29) is 22.6 Å². The molecule has 0 aliphatic rings. The molecule has 5 aromatic rings. The van der Waals surface area contributed by atoms with Crippen molar-refractivity contribution in [2.45, 2.75) is 5.92 Å². The van der Waals surface area contributed by atoms with Crippen molar-refractivity contribution in [2.75, 3.05) is 7.11 Å². The summed E-state index contributed by atoms with van der Waals surface area (Å²) >= 11 is 0. The number of fused-ring (bicyclic) bond motifs is 2. The Morgan fingerprint density at radius 1 is 0.697 bits per heavy atom. The van der Waals surface area contributed by atoms with Gasteiger partial charge in [0.05, 0.1) is 35.2 Å². The van der Waals surface area contributed by atoms with Crippen LogP contribution in [0.4, 0.5) is 0 Å². The molecule has 5 rings (SSSR count). The maximum atomic E-state index is 13.2. The molecule has 2 heterocycles. The van der Waals surface area contributed by atoms with E-state index < -0.39 is 17.0 Å². The Hall–Kier alpha value is -4.52. The minimum Gasteiger partial charge on any atom is -0.507 e.